The van der Waals surface area contributed by atoms with Gasteiger partial charge in [0.15, 0.2) is 0 Å². The van der Waals surface area contributed by atoms with Crippen LogP contribution in [-0.2, 0) is 4.74 Å². The van der Waals surface area contributed by atoms with E-state index < -0.39 is 0 Å². The standard InChI is InChI=1S/C18H28O2/c1-12-8-9-18(11-19)13(2)4-7-17(18)16-10-14(20-3)5-6-15(12)16/h5,12-13,17,19H,4,6-11H2,1-3H3/t12-,13-,17-,18-/m1/s1. The topological polar surface area (TPSA) is 29.5 Å². The van der Waals surface area contributed by atoms with Crippen LogP contribution in [0.2, 0.25) is 0 Å². The molecule has 0 amide bonds. The van der Waals surface area contributed by atoms with Crippen molar-refractivity contribution >= 4 is 0 Å². The Morgan fingerprint density at radius 3 is 2.75 bits per heavy atom. The predicted molar refractivity (Wildman–Crippen MR) is 81.2 cm³/mol. The van der Waals surface area contributed by atoms with Crippen LogP contribution in [0.4, 0.5) is 0 Å². The molecule has 112 valence electrons. The molecule has 0 saturated heterocycles. The molecule has 0 radical (unpaired) electrons. The average molecular weight is 276 g/mol. The Morgan fingerprint density at radius 1 is 1.25 bits per heavy atom. The van der Waals surface area contributed by atoms with Crippen LogP contribution in [0.25, 0.3) is 0 Å². The van der Waals surface area contributed by atoms with Gasteiger partial charge in [0.25, 0.3) is 0 Å². The zero-order valence-electron chi connectivity index (χ0n) is 13.1. The van der Waals surface area contributed by atoms with E-state index >= 15 is 0 Å². The van der Waals surface area contributed by atoms with E-state index in [1.807, 2.05) is 0 Å². The summed E-state index contributed by atoms with van der Waals surface area (Å²) in [6.07, 6.45) is 9.25. The first-order valence-electron chi connectivity index (χ1n) is 8.18. The zero-order valence-corrected chi connectivity index (χ0v) is 13.1. The third-order valence-corrected chi connectivity index (χ3v) is 6.51. The minimum Gasteiger partial charge on any atom is -0.501 e. The van der Waals surface area contributed by atoms with Crippen molar-refractivity contribution in [2.75, 3.05) is 13.7 Å². The molecule has 3 rings (SSSR count). The van der Waals surface area contributed by atoms with Gasteiger partial charge < -0.3 is 9.84 Å². The molecule has 0 aromatic carbocycles. The van der Waals surface area contributed by atoms with E-state index in [0.717, 1.165) is 18.6 Å². The lowest BCUT2D eigenvalue weighted by Crippen LogP contribution is -2.35. The van der Waals surface area contributed by atoms with Crippen LogP contribution in [0.1, 0.15) is 52.4 Å². The molecule has 4 atom stereocenters. The van der Waals surface area contributed by atoms with Crippen LogP contribution in [0, 0.1) is 23.2 Å². The van der Waals surface area contributed by atoms with E-state index in [9.17, 15) is 5.11 Å². The summed E-state index contributed by atoms with van der Waals surface area (Å²) < 4.78 is 5.52. The number of hydrogen-bond acceptors (Lipinski definition) is 2. The number of fused-ring (bicyclic) bond motifs is 2. The Labute approximate surface area is 122 Å². The van der Waals surface area contributed by atoms with Crippen molar-refractivity contribution in [3.63, 3.8) is 0 Å². The molecule has 3 aliphatic carbocycles. The number of methoxy groups -OCH3 is 1. The summed E-state index contributed by atoms with van der Waals surface area (Å²) in [5.41, 5.74) is 3.41. The van der Waals surface area contributed by atoms with E-state index in [1.165, 1.54) is 25.7 Å². The van der Waals surface area contributed by atoms with Crippen molar-refractivity contribution in [1.82, 2.24) is 0 Å². The molecular formula is C18H28O2. The first-order chi connectivity index (χ1) is 9.62. The van der Waals surface area contributed by atoms with Gasteiger partial charge in [0.2, 0.25) is 0 Å². The Kier molecular flexibility index (Phi) is 3.70. The Hall–Kier alpha value is -0.760. The second-order valence-electron chi connectivity index (χ2n) is 7.17. The number of rotatable bonds is 2. The maximum absolute atomic E-state index is 10.2. The van der Waals surface area contributed by atoms with Crippen LogP contribution in [0.15, 0.2) is 23.0 Å². The third-order valence-electron chi connectivity index (χ3n) is 6.51. The van der Waals surface area contributed by atoms with Gasteiger partial charge >= 0.3 is 0 Å². The van der Waals surface area contributed by atoms with Gasteiger partial charge in [0, 0.05) is 18.4 Å². The van der Waals surface area contributed by atoms with Gasteiger partial charge in [-0.3, -0.25) is 0 Å². The van der Waals surface area contributed by atoms with Crippen molar-refractivity contribution in [2.45, 2.75) is 52.4 Å². The van der Waals surface area contributed by atoms with E-state index in [4.69, 9.17) is 4.74 Å². The second-order valence-corrected chi connectivity index (χ2v) is 7.17. The molecule has 1 N–H and O–H groups in total. The molecule has 0 heterocycles. The Balaban J connectivity index is 2.01. The third kappa shape index (κ3) is 1.95. The summed E-state index contributed by atoms with van der Waals surface area (Å²) in [6.45, 7) is 5.08. The molecule has 0 aliphatic heterocycles. The summed E-state index contributed by atoms with van der Waals surface area (Å²) in [4.78, 5) is 0. The summed E-state index contributed by atoms with van der Waals surface area (Å²) in [5.74, 6) is 3.03. The van der Waals surface area contributed by atoms with Gasteiger partial charge in [-0.1, -0.05) is 25.0 Å². The van der Waals surface area contributed by atoms with Gasteiger partial charge in [-0.2, -0.15) is 0 Å². The van der Waals surface area contributed by atoms with E-state index in [2.05, 4.69) is 19.9 Å². The highest BCUT2D eigenvalue weighted by Gasteiger charge is 2.51. The van der Waals surface area contributed by atoms with Crippen LogP contribution in [0.3, 0.4) is 0 Å². The highest BCUT2D eigenvalue weighted by molar-refractivity contribution is 5.34. The molecule has 20 heavy (non-hydrogen) atoms. The minimum atomic E-state index is 0.140. The number of ether oxygens (including phenoxy) is 1. The largest absolute Gasteiger partial charge is 0.501 e. The van der Waals surface area contributed by atoms with E-state index in [0.29, 0.717) is 24.4 Å². The van der Waals surface area contributed by atoms with Crippen molar-refractivity contribution in [2.24, 2.45) is 23.2 Å². The van der Waals surface area contributed by atoms with Crippen LogP contribution in [-0.4, -0.2) is 18.8 Å². The molecule has 1 fully saturated rings. The maximum Gasteiger partial charge on any atom is 0.0959 e. The maximum atomic E-state index is 10.2. The van der Waals surface area contributed by atoms with Gasteiger partial charge in [-0.05, 0) is 55.9 Å². The molecule has 0 spiro atoms. The first-order valence-corrected chi connectivity index (χ1v) is 8.18. The average Bonchev–Trinajstić information content (AvgIpc) is 2.74. The molecule has 2 nitrogen and oxygen atoms in total. The fraction of sp³-hybridized carbons (Fsp3) is 0.778. The molecule has 1 saturated carbocycles. The number of hydrogen-bond donors (Lipinski definition) is 1. The van der Waals surface area contributed by atoms with Gasteiger partial charge in [-0.15, -0.1) is 0 Å². The minimum absolute atomic E-state index is 0.140. The van der Waals surface area contributed by atoms with Gasteiger partial charge in [0.1, 0.15) is 0 Å². The summed E-state index contributed by atoms with van der Waals surface area (Å²) in [6, 6.07) is 0. The molecule has 0 bridgehead atoms. The van der Waals surface area contributed by atoms with Gasteiger partial charge in [0.05, 0.1) is 12.9 Å². The van der Waals surface area contributed by atoms with Crippen molar-refractivity contribution in [1.29, 1.82) is 0 Å². The van der Waals surface area contributed by atoms with E-state index in [-0.39, 0.29) is 5.41 Å². The van der Waals surface area contributed by atoms with Gasteiger partial charge in [-0.25, -0.2) is 0 Å². The number of aliphatic hydroxyl groups excluding tert-OH is 1. The lowest BCUT2D eigenvalue weighted by molar-refractivity contribution is 0.0496. The Bertz CT molecular complexity index is 448. The predicted octanol–water partition coefficient (Wildman–Crippen LogP) is 4.06. The number of allylic oxidation sites excluding steroid dienone is 3. The molecule has 0 aromatic heterocycles. The summed E-state index contributed by atoms with van der Waals surface area (Å²) in [7, 11) is 1.79. The second kappa shape index (κ2) is 5.22. The smallest absolute Gasteiger partial charge is 0.0959 e. The quantitative estimate of drug-likeness (QED) is 0.771. The SMILES string of the molecule is COC1=CCC2=C(C1)[C@H]1CC[C@@H](C)[C@]1(CO)CC[C@H]2C. The summed E-state index contributed by atoms with van der Waals surface area (Å²) in [5, 5.41) is 10.2. The molecule has 3 aliphatic rings. The van der Waals surface area contributed by atoms with Crippen molar-refractivity contribution in [3.8, 4) is 0 Å². The van der Waals surface area contributed by atoms with Crippen molar-refractivity contribution in [3.05, 3.63) is 23.0 Å². The summed E-state index contributed by atoms with van der Waals surface area (Å²) >= 11 is 0. The highest BCUT2D eigenvalue weighted by Crippen LogP contribution is 2.58. The molecule has 0 unspecified atom stereocenters. The zero-order chi connectivity index (χ0) is 14.3. The monoisotopic (exact) mass is 276 g/mol. The van der Waals surface area contributed by atoms with E-state index in [1.54, 1.807) is 18.3 Å². The van der Waals surface area contributed by atoms with Crippen LogP contribution in [0.5, 0.6) is 0 Å². The fourth-order valence-electron chi connectivity index (χ4n) is 5.03. The molecule has 0 aromatic rings. The molecule has 2 heteroatoms. The number of aliphatic hydroxyl groups is 1. The highest BCUT2D eigenvalue weighted by atomic mass is 16.5. The Morgan fingerprint density at radius 2 is 2.05 bits per heavy atom. The van der Waals surface area contributed by atoms with Crippen LogP contribution >= 0.6 is 0 Å². The normalized spacial score (nSPS) is 40.8. The van der Waals surface area contributed by atoms with Crippen LogP contribution < -0.4 is 0 Å². The lowest BCUT2D eigenvalue weighted by atomic mass is 9.67. The van der Waals surface area contributed by atoms with Crippen molar-refractivity contribution < 1.29 is 9.84 Å². The fourth-order valence-corrected chi connectivity index (χ4v) is 5.03. The first kappa shape index (κ1) is 14.2. The molecular weight excluding hydrogens is 248 g/mol. The lowest BCUT2D eigenvalue weighted by Gasteiger charge is -2.38.